The van der Waals surface area contributed by atoms with Gasteiger partial charge in [-0.3, -0.25) is 4.79 Å². The Morgan fingerprint density at radius 3 is 2.35 bits per heavy atom. The maximum Gasteiger partial charge on any atom is 0.240 e. The van der Waals surface area contributed by atoms with Crippen LogP contribution in [0.5, 0.6) is 0 Å². The van der Waals surface area contributed by atoms with Gasteiger partial charge in [0, 0.05) is 18.2 Å². The molecule has 1 aromatic carbocycles. The standard InChI is InChI=1S/C17H26N2O3S/c1-13(2)19-23(21,22)16-10-8-15(9-11-16)18-17(20)12-7-14-5-3-4-6-14/h8-11,13-14,19H,3-7,12H2,1-2H3,(H,18,20). The Labute approximate surface area is 138 Å². The molecule has 1 amide bonds. The number of carbonyl (C=O) groups is 1. The summed E-state index contributed by atoms with van der Waals surface area (Å²) < 4.78 is 26.6. The summed E-state index contributed by atoms with van der Waals surface area (Å²) in [4.78, 5) is 12.2. The van der Waals surface area contributed by atoms with Gasteiger partial charge >= 0.3 is 0 Å². The van der Waals surface area contributed by atoms with Crippen LogP contribution in [0.15, 0.2) is 29.2 Å². The molecule has 128 valence electrons. The van der Waals surface area contributed by atoms with Crippen molar-refractivity contribution in [1.29, 1.82) is 0 Å². The van der Waals surface area contributed by atoms with Crippen molar-refractivity contribution in [2.24, 2.45) is 5.92 Å². The molecule has 1 aliphatic rings. The molecule has 0 atom stereocenters. The molecule has 6 heteroatoms. The van der Waals surface area contributed by atoms with Crippen molar-refractivity contribution in [3.8, 4) is 0 Å². The van der Waals surface area contributed by atoms with Crippen LogP contribution in [0.2, 0.25) is 0 Å². The zero-order valence-corrected chi connectivity index (χ0v) is 14.7. The molecule has 5 nitrogen and oxygen atoms in total. The number of anilines is 1. The van der Waals surface area contributed by atoms with Gasteiger partial charge in [-0.05, 0) is 50.5 Å². The number of rotatable bonds is 7. The fraction of sp³-hybridized carbons (Fsp3) is 0.588. The highest BCUT2D eigenvalue weighted by Gasteiger charge is 2.17. The summed E-state index contributed by atoms with van der Waals surface area (Å²) in [7, 11) is -3.49. The minimum atomic E-state index is -3.49. The van der Waals surface area contributed by atoms with Gasteiger partial charge in [-0.15, -0.1) is 0 Å². The molecule has 0 radical (unpaired) electrons. The first-order chi connectivity index (χ1) is 10.9. The van der Waals surface area contributed by atoms with Gasteiger partial charge in [0.2, 0.25) is 15.9 Å². The Morgan fingerprint density at radius 2 is 1.78 bits per heavy atom. The number of benzene rings is 1. The second kappa shape index (κ2) is 7.93. The topological polar surface area (TPSA) is 75.3 Å². The highest BCUT2D eigenvalue weighted by Crippen LogP contribution is 2.28. The normalized spacial score (nSPS) is 16.0. The molecule has 0 unspecified atom stereocenters. The van der Waals surface area contributed by atoms with Gasteiger partial charge in [0.25, 0.3) is 0 Å². The molecular weight excluding hydrogens is 312 g/mol. The van der Waals surface area contributed by atoms with Gasteiger partial charge in [-0.1, -0.05) is 25.7 Å². The second-order valence-corrected chi connectivity index (χ2v) is 8.25. The molecule has 0 aliphatic heterocycles. The molecule has 2 N–H and O–H groups in total. The lowest BCUT2D eigenvalue weighted by Gasteiger charge is -2.11. The molecule has 0 bridgehead atoms. The van der Waals surface area contributed by atoms with Crippen molar-refractivity contribution in [2.75, 3.05) is 5.32 Å². The highest BCUT2D eigenvalue weighted by molar-refractivity contribution is 7.89. The highest BCUT2D eigenvalue weighted by atomic mass is 32.2. The van der Waals surface area contributed by atoms with Crippen LogP contribution in [-0.2, 0) is 14.8 Å². The third kappa shape index (κ3) is 5.62. The van der Waals surface area contributed by atoms with E-state index in [2.05, 4.69) is 10.0 Å². The fourth-order valence-corrected chi connectivity index (χ4v) is 4.20. The zero-order chi connectivity index (χ0) is 16.9. The quantitative estimate of drug-likeness (QED) is 0.801. The maximum absolute atomic E-state index is 12.0. The maximum atomic E-state index is 12.0. The van der Waals surface area contributed by atoms with Crippen LogP contribution >= 0.6 is 0 Å². The number of hydrogen-bond donors (Lipinski definition) is 2. The predicted octanol–water partition coefficient (Wildman–Crippen LogP) is 3.28. The number of carbonyl (C=O) groups excluding carboxylic acids is 1. The molecule has 0 saturated heterocycles. The van der Waals surface area contributed by atoms with E-state index < -0.39 is 10.0 Å². The first-order valence-corrected chi connectivity index (χ1v) is 9.77. The summed E-state index contributed by atoms with van der Waals surface area (Å²) in [6.07, 6.45) is 6.51. The molecule has 1 aromatic rings. The van der Waals surface area contributed by atoms with Crippen molar-refractivity contribution in [3.63, 3.8) is 0 Å². The average Bonchev–Trinajstić information content (AvgIpc) is 2.97. The molecule has 2 rings (SSSR count). The van der Waals surface area contributed by atoms with Crippen molar-refractivity contribution in [1.82, 2.24) is 4.72 Å². The van der Waals surface area contributed by atoms with E-state index in [1.54, 1.807) is 26.0 Å². The van der Waals surface area contributed by atoms with E-state index >= 15 is 0 Å². The van der Waals surface area contributed by atoms with Crippen LogP contribution in [0, 0.1) is 5.92 Å². The summed E-state index contributed by atoms with van der Waals surface area (Å²) in [5.41, 5.74) is 0.630. The second-order valence-electron chi connectivity index (χ2n) is 6.54. The van der Waals surface area contributed by atoms with E-state index in [-0.39, 0.29) is 16.8 Å². The van der Waals surface area contributed by atoms with Crippen LogP contribution in [0.1, 0.15) is 52.4 Å². The van der Waals surface area contributed by atoms with E-state index in [9.17, 15) is 13.2 Å². The monoisotopic (exact) mass is 338 g/mol. The molecule has 1 aliphatic carbocycles. The predicted molar refractivity (Wildman–Crippen MR) is 91.7 cm³/mol. The fourth-order valence-electron chi connectivity index (χ4n) is 2.95. The van der Waals surface area contributed by atoms with Gasteiger partial charge in [0.15, 0.2) is 0 Å². The van der Waals surface area contributed by atoms with Gasteiger partial charge in [0.1, 0.15) is 0 Å². The molecule has 1 saturated carbocycles. The van der Waals surface area contributed by atoms with Crippen LogP contribution < -0.4 is 10.0 Å². The Morgan fingerprint density at radius 1 is 1.17 bits per heavy atom. The molecule has 0 aromatic heterocycles. The Bertz CT molecular complexity index is 618. The van der Waals surface area contributed by atoms with Crippen molar-refractivity contribution in [3.05, 3.63) is 24.3 Å². The van der Waals surface area contributed by atoms with Gasteiger partial charge in [0.05, 0.1) is 4.90 Å². The lowest BCUT2D eigenvalue weighted by atomic mass is 10.0. The van der Waals surface area contributed by atoms with Crippen LogP contribution in [0.25, 0.3) is 0 Å². The Balaban J connectivity index is 1.88. The lowest BCUT2D eigenvalue weighted by molar-refractivity contribution is -0.116. The molecule has 1 fully saturated rings. The summed E-state index contributed by atoms with van der Waals surface area (Å²) in [6.45, 7) is 3.55. The summed E-state index contributed by atoms with van der Waals surface area (Å²) in [5, 5.41) is 2.83. The zero-order valence-electron chi connectivity index (χ0n) is 13.8. The smallest absolute Gasteiger partial charge is 0.240 e. The lowest BCUT2D eigenvalue weighted by Crippen LogP contribution is -2.30. The Hall–Kier alpha value is -1.40. The molecule has 23 heavy (non-hydrogen) atoms. The third-order valence-corrected chi connectivity index (χ3v) is 5.77. The summed E-state index contributed by atoms with van der Waals surface area (Å²) >= 11 is 0. The van der Waals surface area contributed by atoms with Gasteiger partial charge in [-0.25, -0.2) is 13.1 Å². The van der Waals surface area contributed by atoms with Crippen molar-refractivity contribution in [2.45, 2.75) is 63.3 Å². The van der Waals surface area contributed by atoms with E-state index in [4.69, 9.17) is 0 Å². The van der Waals surface area contributed by atoms with Crippen LogP contribution in [-0.4, -0.2) is 20.4 Å². The van der Waals surface area contributed by atoms with E-state index in [0.29, 0.717) is 18.0 Å². The molecule has 0 spiro atoms. The molecule has 0 heterocycles. The number of sulfonamides is 1. The number of amides is 1. The minimum absolute atomic E-state index is 0.00666. The van der Waals surface area contributed by atoms with Crippen molar-refractivity contribution < 1.29 is 13.2 Å². The SMILES string of the molecule is CC(C)NS(=O)(=O)c1ccc(NC(=O)CCC2CCCC2)cc1. The Kier molecular flexibility index (Phi) is 6.18. The van der Waals surface area contributed by atoms with Gasteiger partial charge < -0.3 is 5.32 Å². The summed E-state index contributed by atoms with van der Waals surface area (Å²) in [5.74, 6) is 0.684. The number of nitrogens with one attached hydrogen (secondary N) is 2. The van der Waals surface area contributed by atoms with Gasteiger partial charge in [-0.2, -0.15) is 0 Å². The summed E-state index contributed by atoms with van der Waals surface area (Å²) in [6, 6.07) is 6.12. The number of hydrogen-bond acceptors (Lipinski definition) is 3. The largest absolute Gasteiger partial charge is 0.326 e. The van der Waals surface area contributed by atoms with E-state index in [1.165, 1.54) is 37.8 Å². The first kappa shape index (κ1) is 17.9. The average molecular weight is 338 g/mol. The van der Waals surface area contributed by atoms with E-state index in [1.807, 2.05) is 0 Å². The molecular formula is C17H26N2O3S. The van der Waals surface area contributed by atoms with Crippen LogP contribution in [0.4, 0.5) is 5.69 Å². The minimum Gasteiger partial charge on any atom is -0.326 e. The van der Waals surface area contributed by atoms with Crippen LogP contribution in [0.3, 0.4) is 0 Å². The third-order valence-electron chi connectivity index (χ3n) is 4.09. The first-order valence-electron chi connectivity index (χ1n) is 8.29. The van der Waals surface area contributed by atoms with Crippen molar-refractivity contribution >= 4 is 21.6 Å². The van der Waals surface area contributed by atoms with E-state index in [0.717, 1.165) is 6.42 Å².